The molecule has 0 fully saturated rings. The second-order valence-electron chi connectivity index (χ2n) is 8.79. The van der Waals surface area contributed by atoms with Crippen LogP contribution in [0.4, 0.5) is 5.69 Å². The smallest absolute Gasteiger partial charge is 0.269 e. The van der Waals surface area contributed by atoms with E-state index in [4.69, 9.17) is 0 Å². The lowest BCUT2D eigenvalue weighted by Gasteiger charge is -2.38. The van der Waals surface area contributed by atoms with Gasteiger partial charge in [0.2, 0.25) is 15.9 Å². The maximum Gasteiger partial charge on any atom is 0.269 e. The van der Waals surface area contributed by atoms with Crippen molar-refractivity contribution in [3.63, 3.8) is 0 Å². The number of carbonyl (C=O) groups is 1. The van der Waals surface area contributed by atoms with Gasteiger partial charge in [-0.1, -0.05) is 24.3 Å². The molecule has 1 amide bonds. The van der Waals surface area contributed by atoms with Gasteiger partial charge in [0.25, 0.3) is 5.69 Å². The molecule has 0 N–H and O–H groups in total. The fourth-order valence-corrected chi connectivity index (χ4v) is 6.95. The summed E-state index contributed by atoms with van der Waals surface area (Å²) >= 11 is 1.67. The molecule has 2 heterocycles. The van der Waals surface area contributed by atoms with E-state index in [2.05, 4.69) is 0 Å². The summed E-state index contributed by atoms with van der Waals surface area (Å²) in [6.07, 6.45) is 0.720. The van der Waals surface area contributed by atoms with Gasteiger partial charge in [0.15, 0.2) is 0 Å². The minimum Gasteiger partial charge on any atom is -0.330 e. The Bertz CT molecular complexity index is 1350. The van der Waals surface area contributed by atoms with Gasteiger partial charge in [-0.05, 0) is 67.5 Å². The minimum absolute atomic E-state index is 0.0844. The molecule has 184 valence electrons. The van der Waals surface area contributed by atoms with Gasteiger partial charge < -0.3 is 4.90 Å². The topological polar surface area (TPSA) is 101 Å². The number of amides is 1. The summed E-state index contributed by atoms with van der Waals surface area (Å²) < 4.78 is 28.0. The zero-order valence-corrected chi connectivity index (χ0v) is 21.4. The van der Waals surface area contributed by atoms with E-state index in [-0.39, 0.29) is 29.1 Å². The normalized spacial score (nSPS) is 15.9. The molecule has 0 spiro atoms. The van der Waals surface area contributed by atoms with Gasteiger partial charge in [-0.3, -0.25) is 14.9 Å². The Morgan fingerprint density at radius 2 is 1.83 bits per heavy atom. The summed E-state index contributed by atoms with van der Waals surface area (Å²) in [5.74, 6) is -0.283. The number of non-ortho nitro benzene ring substituents is 1. The van der Waals surface area contributed by atoms with Gasteiger partial charge in [-0.15, -0.1) is 11.3 Å². The van der Waals surface area contributed by atoms with Gasteiger partial charge in [-0.2, -0.15) is 4.31 Å². The Hall–Kier alpha value is -3.08. The third kappa shape index (κ3) is 4.86. The number of hydrogen-bond acceptors (Lipinski definition) is 6. The number of nitro groups is 1. The van der Waals surface area contributed by atoms with Crippen LogP contribution in [-0.4, -0.2) is 47.6 Å². The quantitative estimate of drug-likeness (QED) is 0.341. The predicted octanol–water partition coefficient (Wildman–Crippen LogP) is 4.54. The van der Waals surface area contributed by atoms with Gasteiger partial charge in [0.1, 0.15) is 0 Å². The lowest BCUT2D eigenvalue weighted by atomic mass is 9.90. The van der Waals surface area contributed by atoms with E-state index in [9.17, 15) is 23.3 Å². The van der Waals surface area contributed by atoms with Crippen LogP contribution in [0, 0.1) is 17.0 Å². The summed E-state index contributed by atoms with van der Waals surface area (Å²) in [4.78, 5) is 27.0. The fourth-order valence-electron chi connectivity index (χ4n) is 4.46. The number of fused-ring (bicyclic) bond motifs is 1. The predicted molar refractivity (Wildman–Crippen MR) is 135 cm³/mol. The monoisotopic (exact) mass is 513 g/mol. The van der Waals surface area contributed by atoms with Crippen LogP contribution in [0.15, 0.2) is 64.9 Å². The largest absolute Gasteiger partial charge is 0.330 e. The number of hydrogen-bond donors (Lipinski definition) is 0. The molecular weight excluding hydrogens is 486 g/mol. The third-order valence-corrected chi connectivity index (χ3v) is 9.32. The summed E-state index contributed by atoms with van der Waals surface area (Å²) in [5.41, 5.74) is 2.97. The maximum atomic E-state index is 13.7. The first-order valence-corrected chi connectivity index (χ1v) is 13.6. The summed E-state index contributed by atoms with van der Waals surface area (Å²) in [6.45, 7) is 5.61. The summed E-state index contributed by atoms with van der Waals surface area (Å²) in [7, 11) is -4.05. The molecule has 3 aromatic rings. The number of carbonyl (C=O) groups excluding carboxylic acids is 1. The van der Waals surface area contributed by atoms with E-state index in [0.29, 0.717) is 6.54 Å². The molecule has 1 atom stereocenters. The molecule has 4 rings (SSSR count). The Balaban J connectivity index is 1.66. The lowest BCUT2D eigenvalue weighted by Crippen LogP contribution is -2.48. The number of nitro benzene ring substituents is 1. The molecule has 1 aliphatic heterocycles. The highest BCUT2D eigenvalue weighted by molar-refractivity contribution is 7.89. The molecule has 35 heavy (non-hydrogen) atoms. The molecule has 0 aliphatic carbocycles. The average molecular weight is 514 g/mol. The van der Waals surface area contributed by atoms with Crippen LogP contribution in [0.5, 0.6) is 0 Å². The number of rotatable bonds is 7. The zero-order chi connectivity index (χ0) is 25.3. The van der Waals surface area contributed by atoms with Crippen LogP contribution < -0.4 is 0 Å². The molecule has 0 bridgehead atoms. The number of aryl methyl sites for hydroxylation is 1. The number of nitrogens with zero attached hydrogens (tertiary/aromatic N) is 3. The van der Waals surface area contributed by atoms with E-state index in [1.54, 1.807) is 30.1 Å². The molecular formula is C25H27N3O5S2. The van der Waals surface area contributed by atoms with Crippen molar-refractivity contribution in [2.45, 2.75) is 44.2 Å². The van der Waals surface area contributed by atoms with E-state index in [1.165, 1.54) is 17.0 Å². The molecule has 0 radical (unpaired) electrons. The maximum absolute atomic E-state index is 13.7. The zero-order valence-electron chi connectivity index (χ0n) is 19.7. The second-order valence-corrected chi connectivity index (χ2v) is 11.7. The van der Waals surface area contributed by atoms with Crippen molar-refractivity contribution in [1.82, 2.24) is 9.21 Å². The highest BCUT2D eigenvalue weighted by Crippen LogP contribution is 2.39. The standard InChI is InChI=1S/C25H27N3O5S2/c1-17(2)27(35(32,33)20-10-8-19(9-11-20)28(30)31)16-24(29)26-14-12-23-22(13-15-34-23)25(26)21-7-5-4-6-18(21)3/h4-11,13,15,17,25H,12,14,16H2,1-3H3. The van der Waals surface area contributed by atoms with Crippen LogP contribution in [0.25, 0.3) is 0 Å². The average Bonchev–Trinajstić information content (AvgIpc) is 3.31. The molecule has 8 nitrogen and oxygen atoms in total. The van der Waals surface area contributed by atoms with Crippen molar-refractivity contribution in [2.75, 3.05) is 13.1 Å². The second kappa shape index (κ2) is 9.88. The summed E-state index contributed by atoms with van der Waals surface area (Å²) in [6, 6.07) is 13.9. The molecule has 1 aliphatic rings. The van der Waals surface area contributed by atoms with Gasteiger partial charge in [-0.25, -0.2) is 8.42 Å². The number of thiophene rings is 1. The first-order valence-electron chi connectivity index (χ1n) is 11.3. The van der Waals surface area contributed by atoms with E-state index < -0.39 is 21.0 Å². The third-order valence-electron chi connectivity index (χ3n) is 6.29. The first kappa shape index (κ1) is 25.0. The van der Waals surface area contributed by atoms with Crippen molar-refractivity contribution in [2.24, 2.45) is 0 Å². The van der Waals surface area contributed by atoms with Gasteiger partial charge >= 0.3 is 0 Å². The fraction of sp³-hybridized carbons (Fsp3) is 0.320. The SMILES string of the molecule is Cc1ccccc1C1c2ccsc2CCN1C(=O)CN(C(C)C)S(=O)(=O)c1ccc([N+](=O)[O-])cc1. The summed E-state index contributed by atoms with van der Waals surface area (Å²) in [5, 5.41) is 13.0. The van der Waals surface area contributed by atoms with Gasteiger partial charge in [0.05, 0.1) is 22.4 Å². The van der Waals surface area contributed by atoms with Crippen LogP contribution in [0.2, 0.25) is 0 Å². The molecule has 1 unspecified atom stereocenters. The van der Waals surface area contributed by atoms with Crippen molar-refractivity contribution >= 4 is 33.0 Å². The molecule has 1 aromatic heterocycles. The van der Waals surface area contributed by atoms with E-state index >= 15 is 0 Å². The number of benzene rings is 2. The number of sulfonamides is 1. The Morgan fingerprint density at radius 1 is 1.14 bits per heavy atom. The molecule has 0 saturated heterocycles. The Kier molecular flexibility index (Phi) is 7.07. The van der Waals surface area contributed by atoms with Crippen molar-refractivity contribution in [3.8, 4) is 0 Å². The Morgan fingerprint density at radius 3 is 2.46 bits per heavy atom. The van der Waals surface area contributed by atoms with E-state index in [1.807, 2.05) is 42.6 Å². The molecule has 2 aromatic carbocycles. The molecule has 10 heteroatoms. The van der Waals surface area contributed by atoms with Crippen LogP contribution in [-0.2, 0) is 21.2 Å². The molecule has 0 saturated carbocycles. The van der Waals surface area contributed by atoms with Crippen molar-refractivity contribution in [3.05, 3.63) is 91.7 Å². The van der Waals surface area contributed by atoms with E-state index in [0.717, 1.165) is 39.5 Å². The van der Waals surface area contributed by atoms with Crippen LogP contribution in [0.3, 0.4) is 0 Å². The first-order chi connectivity index (χ1) is 16.6. The van der Waals surface area contributed by atoms with Crippen molar-refractivity contribution in [1.29, 1.82) is 0 Å². The highest BCUT2D eigenvalue weighted by atomic mass is 32.2. The highest BCUT2D eigenvalue weighted by Gasteiger charge is 2.37. The lowest BCUT2D eigenvalue weighted by molar-refractivity contribution is -0.384. The minimum atomic E-state index is -4.05. The van der Waals surface area contributed by atoms with Crippen LogP contribution in [0.1, 0.15) is 41.5 Å². The van der Waals surface area contributed by atoms with Gasteiger partial charge in [0, 0.05) is 29.6 Å². The Labute approximate surface area is 209 Å². The van der Waals surface area contributed by atoms with Crippen molar-refractivity contribution < 1.29 is 18.1 Å². The van der Waals surface area contributed by atoms with Crippen LogP contribution >= 0.6 is 11.3 Å².